The zero-order chi connectivity index (χ0) is 21.8. The largest absolute Gasteiger partial charge is 0.322 e. The first-order valence-corrected chi connectivity index (χ1v) is 9.66. The number of carbonyl (C=O) groups excluding carboxylic acids is 2. The van der Waals surface area contributed by atoms with Crippen LogP contribution in [0.4, 0.5) is 15.8 Å². The molecule has 0 saturated carbocycles. The molecule has 4 aromatic rings. The van der Waals surface area contributed by atoms with Gasteiger partial charge in [0.15, 0.2) is 0 Å². The second-order valence-corrected chi connectivity index (χ2v) is 6.99. The van der Waals surface area contributed by atoms with Crippen molar-refractivity contribution in [2.45, 2.75) is 0 Å². The summed E-state index contributed by atoms with van der Waals surface area (Å²) < 4.78 is 15.8. The van der Waals surface area contributed by atoms with Crippen molar-refractivity contribution in [1.82, 2.24) is 9.78 Å². The van der Waals surface area contributed by atoms with Gasteiger partial charge in [-0.3, -0.25) is 9.59 Å². The Morgan fingerprint density at radius 2 is 1.58 bits per heavy atom. The summed E-state index contributed by atoms with van der Waals surface area (Å²) in [6.45, 7) is 0. The van der Waals surface area contributed by atoms with Crippen LogP contribution in [0.5, 0.6) is 0 Å². The Labute approximate surface area is 182 Å². The van der Waals surface area contributed by atoms with E-state index in [0.29, 0.717) is 11.3 Å². The number of aromatic nitrogens is 2. The van der Waals surface area contributed by atoms with Crippen LogP contribution < -0.4 is 10.6 Å². The van der Waals surface area contributed by atoms with Gasteiger partial charge in [0.1, 0.15) is 11.5 Å². The molecule has 0 radical (unpaired) electrons. The van der Waals surface area contributed by atoms with Crippen LogP contribution in [-0.4, -0.2) is 21.6 Å². The molecular weight excluding hydrogens is 419 g/mol. The number of nitrogens with one attached hydrogen (secondary N) is 2. The van der Waals surface area contributed by atoms with Crippen molar-refractivity contribution in [2.24, 2.45) is 0 Å². The maximum Gasteiger partial charge on any atom is 0.255 e. The quantitative estimate of drug-likeness (QED) is 0.455. The zero-order valence-corrected chi connectivity index (χ0v) is 16.8. The van der Waals surface area contributed by atoms with E-state index >= 15 is 0 Å². The lowest BCUT2D eigenvalue weighted by molar-refractivity contribution is 0.101. The van der Waals surface area contributed by atoms with Crippen molar-refractivity contribution in [2.75, 3.05) is 10.6 Å². The van der Waals surface area contributed by atoms with Crippen LogP contribution in [-0.2, 0) is 0 Å². The second-order valence-electron chi connectivity index (χ2n) is 6.59. The molecule has 154 valence electrons. The van der Waals surface area contributed by atoms with E-state index < -0.39 is 11.7 Å². The normalized spacial score (nSPS) is 10.5. The third kappa shape index (κ3) is 4.62. The molecule has 0 saturated heterocycles. The number of hydrogen-bond acceptors (Lipinski definition) is 3. The lowest BCUT2D eigenvalue weighted by Crippen LogP contribution is -2.15. The van der Waals surface area contributed by atoms with Crippen LogP contribution in [0.1, 0.15) is 20.7 Å². The highest BCUT2D eigenvalue weighted by molar-refractivity contribution is 6.34. The van der Waals surface area contributed by atoms with Gasteiger partial charge in [-0.25, -0.2) is 9.07 Å². The summed E-state index contributed by atoms with van der Waals surface area (Å²) in [7, 11) is 0. The Kier molecular flexibility index (Phi) is 5.77. The summed E-state index contributed by atoms with van der Waals surface area (Å²) in [5.74, 6) is -1.51. The number of rotatable bonds is 5. The molecule has 0 fully saturated rings. The van der Waals surface area contributed by atoms with E-state index in [2.05, 4.69) is 15.7 Å². The Balaban J connectivity index is 1.52. The van der Waals surface area contributed by atoms with Gasteiger partial charge in [0.2, 0.25) is 0 Å². The summed E-state index contributed by atoms with van der Waals surface area (Å²) in [6.07, 6.45) is 3.13. The molecule has 0 atom stereocenters. The van der Waals surface area contributed by atoms with E-state index in [1.807, 2.05) is 6.07 Å². The van der Waals surface area contributed by atoms with Crippen LogP contribution in [0.15, 0.2) is 85.2 Å². The molecule has 0 bridgehead atoms. The molecule has 1 heterocycles. The minimum absolute atomic E-state index is 0.101. The highest BCUT2D eigenvalue weighted by Crippen LogP contribution is 2.25. The Bertz CT molecular complexity index is 1240. The Hall–Kier alpha value is -3.97. The third-order valence-electron chi connectivity index (χ3n) is 4.47. The van der Waals surface area contributed by atoms with Gasteiger partial charge < -0.3 is 10.6 Å². The van der Waals surface area contributed by atoms with Crippen LogP contribution in [0.2, 0.25) is 5.02 Å². The standard InChI is InChI=1S/C23H16ClFN4O2/c24-18-9-7-16(22(30)27-17-5-2-1-3-6-17)14-20(18)28-23(31)15-8-10-21(19(25)13-15)29-12-4-11-26-29/h1-14H,(H,27,30)(H,28,31). The maximum atomic E-state index is 14.4. The smallest absolute Gasteiger partial charge is 0.255 e. The molecule has 2 N–H and O–H groups in total. The maximum absolute atomic E-state index is 14.4. The van der Waals surface area contributed by atoms with Crippen molar-refractivity contribution in [1.29, 1.82) is 0 Å². The molecule has 8 heteroatoms. The topological polar surface area (TPSA) is 76.0 Å². The summed E-state index contributed by atoms with van der Waals surface area (Å²) in [6, 6.07) is 19.2. The van der Waals surface area contributed by atoms with Gasteiger partial charge in [-0.1, -0.05) is 29.8 Å². The first-order chi connectivity index (χ1) is 15.0. The number of carbonyl (C=O) groups is 2. The van der Waals surface area contributed by atoms with Crippen molar-refractivity contribution in [3.8, 4) is 5.69 Å². The van der Waals surface area contributed by atoms with E-state index in [0.717, 1.165) is 6.07 Å². The lowest BCUT2D eigenvalue weighted by atomic mass is 10.1. The number of nitrogens with zero attached hydrogens (tertiary/aromatic N) is 2. The van der Waals surface area contributed by atoms with E-state index in [1.165, 1.54) is 35.1 Å². The molecule has 0 aliphatic rings. The van der Waals surface area contributed by atoms with E-state index in [-0.39, 0.29) is 27.9 Å². The van der Waals surface area contributed by atoms with Crippen LogP contribution >= 0.6 is 11.6 Å². The minimum Gasteiger partial charge on any atom is -0.322 e. The first kappa shape index (κ1) is 20.3. The summed E-state index contributed by atoms with van der Waals surface area (Å²) >= 11 is 6.18. The van der Waals surface area contributed by atoms with Gasteiger partial charge in [0, 0.05) is 29.2 Å². The number of halogens is 2. The van der Waals surface area contributed by atoms with E-state index in [4.69, 9.17) is 11.6 Å². The average Bonchev–Trinajstić information content (AvgIpc) is 3.30. The first-order valence-electron chi connectivity index (χ1n) is 9.28. The molecule has 0 spiro atoms. The SMILES string of the molecule is O=C(Nc1ccccc1)c1ccc(Cl)c(NC(=O)c2ccc(-n3cccn3)c(F)c2)c1. The number of para-hydroxylation sites is 1. The highest BCUT2D eigenvalue weighted by atomic mass is 35.5. The number of anilines is 2. The van der Waals surface area contributed by atoms with Crippen molar-refractivity contribution in [3.05, 3.63) is 107 Å². The summed E-state index contributed by atoms with van der Waals surface area (Å²) in [4.78, 5) is 25.1. The molecule has 0 aliphatic heterocycles. The van der Waals surface area contributed by atoms with Gasteiger partial charge in [-0.15, -0.1) is 0 Å². The molecule has 6 nitrogen and oxygen atoms in total. The molecule has 3 aromatic carbocycles. The number of benzene rings is 3. The van der Waals surface area contributed by atoms with Crippen molar-refractivity contribution < 1.29 is 14.0 Å². The van der Waals surface area contributed by atoms with Crippen LogP contribution in [0.3, 0.4) is 0 Å². The highest BCUT2D eigenvalue weighted by Gasteiger charge is 2.15. The van der Waals surface area contributed by atoms with Gasteiger partial charge in [0.05, 0.1) is 10.7 Å². The predicted octanol–water partition coefficient (Wildman–Crippen LogP) is 5.17. The molecule has 31 heavy (non-hydrogen) atoms. The van der Waals surface area contributed by atoms with Gasteiger partial charge in [-0.2, -0.15) is 5.10 Å². The fourth-order valence-electron chi connectivity index (χ4n) is 2.93. The fraction of sp³-hybridized carbons (Fsp3) is 0. The molecule has 2 amide bonds. The molecular formula is C23H16ClFN4O2. The molecule has 4 rings (SSSR count). The molecule has 0 aliphatic carbocycles. The van der Waals surface area contributed by atoms with Gasteiger partial charge in [0.25, 0.3) is 11.8 Å². The zero-order valence-electron chi connectivity index (χ0n) is 16.0. The molecule has 1 aromatic heterocycles. The Morgan fingerprint density at radius 3 is 2.29 bits per heavy atom. The van der Waals surface area contributed by atoms with E-state index in [1.54, 1.807) is 42.6 Å². The van der Waals surface area contributed by atoms with Crippen molar-refractivity contribution >= 4 is 34.8 Å². The fourth-order valence-corrected chi connectivity index (χ4v) is 3.09. The van der Waals surface area contributed by atoms with Gasteiger partial charge in [-0.05, 0) is 54.6 Å². The van der Waals surface area contributed by atoms with Crippen LogP contribution in [0, 0.1) is 5.82 Å². The van der Waals surface area contributed by atoms with Crippen molar-refractivity contribution in [3.63, 3.8) is 0 Å². The summed E-state index contributed by atoms with van der Waals surface area (Å²) in [5, 5.41) is 9.62. The summed E-state index contributed by atoms with van der Waals surface area (Å²) in [5.41, 5.74) is 1.51. The predicted molar refractivity (Wildman–Crippen MR) is 117 cm³/mol. The third-order valence-corrected chi connectivity index (χ3v) is 4.80. The van der Waals surface area contributed by atoms with Gasteiger partial charge >= 0.3 is 0 Å². The minimum atomic E-state index is -0.599. The lowest BCUT2D eigenvalue weighted by Gasteiger charge is -2.11. The number of hydrogen-bond donors (Lipinski definition) is 2. The second kappa shape index (κ2) is 8.81. The van der Waals surface area contributed by atoms with Crippen LogP contribution in [0.25, 0.3) is 5.69 Å². The number of amides is 2. The monoisotopic (exact) mass is 434 g/mol. The average molecular weight is 435 g/mol. The molecule has 0 unspecified atom stereocenters. The Morgan fingerprint density at radius 1 is 0.871 bits per heavy atom. The van der Waals surface area contributed by atoms with E-state index in [9.17, 15) is 14.0 Å².